The van der Waals surface area contributed by atoms with E-state index in [1.165, 1.54) is 31.2 Å². The molecule has 1 aromatic rings. The third-order valence-corrected chi connectivity index (χ3v) is 5.13. The van der Waals surface area contributed by atoms with Crippen LogP contribution in [0.25, 0.3) is 0 Å². The van der Waals surface area contributed by atoms with Gasteiger partial charge in [0.25, 0.3) is 5.69 Å². The Balaban J connectivity index is 2.38. The molecule has 0 aliphatic carbocycles. The molecule has 1 aliphatic rings. The molecule has 1 N–H and O–H groups in total. The van der Waals surface area contributed by atoms with E-state index in [1.54, 1.807) is 0 Å². The standard InChI is InChI=1S/C13H17NO7S/c1-2-22(18,19)9-13(20-8-12(7-15)21-13)10-3-5-11(6-4-10)14(16)17/h3-6,12,15H,2,7-9H2,1H3/t12-,13+/m1/s1. The Morgan fingerprint density at radius 3 is 2.50 bits per heavy atom. The minimum Gasteiger partial charge on any atom is -0.394 e. The number of hydrogen-bond donors (Lipinski definition) is 1. The van der Waals surface area contributed by atoms with Crippen molar-refractivity contribution in [3.63, 3.8) is 0 Å². The van der Waals surface area contributed by atoms with E-state index in [0.29, 0.717) is 5.56 Å². The number of aliphatic hydroxyl groups is 1. The Labute approximate surface area is 127 Å². The molecule has 0 aromatic heterocycles. The summed E-state index contributed by atoms with van der Waals surface area (Å²) in [4.78, 5) is 10.2. The third-order valence-electron chi connectivity index (χ3n) is 3.43. The van der Waals surface area contributed by atoms with Crippen LogP contribution in [0.5, 0.6) is 0 Å². The van der Waals surface area contributed by atoms with Crippen molar-refractivity contribution >= 4 is 15.5 Å². The van der Waals surface area contributed by atoms with Gasteiger partial charge < -0.3 is 14.6 Å². The van der Waals surface area contributed by atoms with Crippen LogP contribution in [0.2, 0.25) is 0 Å². The van der Waals surface area contributed by atoms with E-state index >= 15 is 0 Å². The van der Waals surface area contributed by atoms with Crippen molar-refractivity contribution in [1.82, 2.24) is 0 Å². The van der Waals surface area contributed by atoms with E-state index < -0.39 is 32.4 Å². The molecular weight excluding hydrogens is 314 g/mol. The molecule has 1 heterocycles. The summed E-state index contributed by atoms with van der Waals surface area (Å²) in [5.74, 6) is -2.04. The second-order valence-electron chi connectivity index (χ2n) is 4.97. The predicted molar refractivity (Wildman–Crippen MR) is 77.0 cm³/mol. The fourth-order valence-corrected chi connectivity index (χ4v) is 3.30. The van der Waals surface area contributed by atoms with Crippen molar-refractivity contribution in [2.24, 2.45) is 0 Å². The number of sulfone groups is 1. The molecule has 0 radical (unpaired) electrons. The Bertz CT molecular complexity index is 643. The molecule has 2 rings (SSSR count). The normalized spacial score (nSPS) is 25.3. The fraction of sp³-hybridized carbons (Fsp3) is 0.538. The van der Waals surface area contributed by atoms with Crippen LogP contribution >= 0.6 is 0 Å². The Morgan fingerprint density at radius 1 is 1.41 bits per heavy atom. The molecule has 1 aliphatic heterocycles. The van der Waals surface area contributed by atoms with E-state index in [1.807, 2.05) is 0 Å². The van der Waals surface area contributed by atoms with Crippen LogP contribution in [0, 0.1) is 10.1 Å². The minimum absolute atomic E-state index is 0.0483. The van der Waals surface area contributed by atoms with Crippen LogP contribution in [-0.4, -0.2) is 49.3 Å². The first-order valence-electron chi connectivity index (χ1n) is 6.70. The molecule has 8 nitrogen and oxygen atoms in total. The topological polar surface area (TPSA) is 116 Å². The smallest absolute Gasteiger partial charge is 0.269 e. The second-order valence-corrected chi connectivity index (χ2v) is 7.32. The van der Waals surface area contributed by atoms with Crippen molar-refractivity contribution in [3.05, 3.63) is 39.9 Å². The van der Waals surface area contributed by atoms with Crippen molar-refractivity contribution in [3.8, 4) is 0 Å². The zero-order valence-corrected chi connectivity index (χ0v) is 12.8. The summed E-state index contributed by atoms with van der Waals surface area (Å²) >= 11 is 0. The SMILES string of the molecule is CCS(=O)(=O)C[C@]1(c2ccc([N+](=O)[O-])cc2)OC[C@@H](CO)O1. The van der Waals surface area contributed by atoms with Gasteiger partial charge in [-0.05, 0) is 12.1 Å². The summed E-state index contributed by atoms with van der Waals surface area (Å²) in [7, 11) is -3.43. The lowest BCUT2D eigenvalue weighted by Crippen LogP contribution is -2.37. The predicted octanol–water partition coefficient (Wildman–Crippen LogP) is 0.590. The highest BCUT2D eigenvalue weighted by molar-refractivity contribution is 7.91. The number of nitro groups is 1. The average molecular weight is 331 g/mol. The summed E-state index contributed by atoms with van der Waals surface area (Å²) in [6.07, 6.45) is -0.637. The zero-order chi connectivity index (χ0) is 16.4. The quantitative estimate of drug-likeness (QED) is 0.599. The van der Waals surface area contributed by atoms with Crippen LogP contribution in [-0.2, 0) is 25.1 Å². The van der Waals surface area contributed by atoms with Crippen LogP contribution in [0.3, 0.4) is 0 Å². The van der Waals surface area contributed by atoms with Crippen LogP contribution in [0.15, 0.2) is 24.3 Å². The third kappa shape index (κ3) is 3.43. The van der Waals surface area contributed by atoms with Gasteiger partial charge in [0.05, 0.1) is 18.1 Å². The van der Waals surface area contributed by atoms with Gasteiger partial charge in [-0.25, -0.2) is 8.42 Å². The maximum Gasteiger partial charge on any atom is 0.269 e. The van der Waals surface area contributed by atoms with Gasteiger partial charge in [0.2, 0.25) is 5.79 Å². The summed E-state index contributed by atoms with van der Waals surface area (Å²) in [5, 5.41) is 19.9. The van der Waals surface area contributed by atoms with Gasteiger partial charge in [-0.3, -0.25) is 10.1 Å². The molecule has 0 spiro atoms. The molecule has 1 aromatic carbocycles. The first-order valence-corrected chi connectivity index (χ1v) is 8.52. The Hall–Kier alpha value is -1.55. The number of aliphatic hydroxyl groups excluding tert-OH is 1. The Kier molecular flexibility index (Phi) is 4.81. The van der Waals surface area contributed by atoms with Crippen LogP contribution in [0.1, 0.15) is 12.5 Å². The number of nitrogens with zero attached hydrogens (tertiary/aromatic N) is 1. The van der Waals surface area contributed by atoms with Gasteiger partial charge in [0.15, 0.2) is 9.84 Å². The molecule has 122 valence electrons. The van der Waals surface area contributed by atoms with Crippen LogP contribution < -0.4 is 0 Å². The average Bonchev–Trinajstić information content (AvgIpc) is 2.91. The van der Waals surface area contributed by atoms with Crippen molar-refractivity contribution in [2.75, 3.05) is 24.7 Å². The number of benzene rings is 1. The number of nitro benzene ring substituents is 1. The maximum absolute atomic E-state index is 12.0. The molecule has 22 heavy (non-hydrogen) atoms. The van der Waals surface area contributed by atoms with Gasteiger partial charge in [0.1, 0.15) is 11.9 Å². The number of ether oxygens (including phenoxy) is 2. The minimum atomic E-state index is -3.43. The van der Waals surface area contributed by atoms with Gasteiger partial charge in [-0.15, -0.1) is 0 Å². The fourth-order valence-electron chi connectivity index (χ4n) is 2.19. The van der Waals surface area contributed by atoms with Gasteiger partial charge in [-0.2, -0.15) is 0 Å². The monoisotopic (exact) mass is 331 g/mol. The molecule has 0 amide bonds. The molecular formula is C13H17NO7S. The van der Waals surface area contributed by atoms with Gasteiger partial charge in [0, 0.05) is 23.4 Å². The molecule has 2 atom stereocenters. The molecule has 0 unspecified atom stereocenters. The molecule has 0 saturated carbocycles. The largest absolute Gasteiger partial charge is 0.394 e. The van der Waals surface area contributed by atoms with Crippen LogP contribution in [0.4, 0.5) is 5.69 Å². The van der Waals surface area contributed by atoms with Crippen molar-refractivity contribution < 1.29 is 27.9 Å². The lowest BCUT2D eigenvalue weighted by Gasteiger charge is -2.28. The summed E-state index contributed by atoms with van der Waals surface area (Å²) < 4.78 is 35.1. The zero-order valence-electron chi connectivity index (χ0n) is 12.0. The van der Waals surface area contributed by atoms with Crippen molar-refractivity contribution in [2.45, 2.75) is 18.8 Å². The first-order chi connectivity index (χ1) is 10.3. The van der Waals surface area contributed by atoms with Gasteiger partial charge in [-0.1, -0.05) is 6.92 Å². The number of rotatable bonds is 6. The van der Waals surface area contributed by atoms with E-state index in [-0.39, 0.29) is 24.7 Å². The highest BCUT2D eigenvalue weighted by atomic mass is 32.2. The molecule has 0 bridgehead atoms. The van der Waals surface area contributed by atoms with E-state index in [2.05, 4.69) is 0 Å². The summed E-state index contributed by atoms with van der Waals surface area (Å²) in [5.41, 5.74) is 0.250. The highest BCUT2D eigenvalue weighted by Crippen LogP contribution is 2.36. The summed E-state index contributed by atoms with van der Waals surface area (Å²) in [6, 6.07) is 5.33. The van der Waals surface area contributed by atoms with Crippen molar-refractivity contribution in [1.29, 1.82) is 0 Å². The first kappa shape index (κ1) is 16.8. The highest BCUT2D eigenvalue weighted by Gasteiger charge is 2.46. The Morgan fingerprint density at radius 2 is 2.05 bits per heavy atom. The molecule has 1 fully saturated rings. The lowest BCUT2D eigenvalue weighted by atomic mass is 10.1. The van der Waals surface area contributed by atoms with Gasteiger partial charge >= 0.3 is 0 Å². The maximum atomic E-state index is 12.0. The van der Waals surface area contributed by atoms with E-state index in [0.717, 1.165) is 0 Å². The van der Waals surface area contributed by atoms with E-state index in [4.69, 9.17) is 9.47 Å². The lowest BCUT2D eigenvalue weighted by molar-refractivity contribution is -0.384. The molecule has 9 heteroatoms. The van der Waals surface area contributed by atoms with E-state index in [9.17, 15) is 23.6 Å². The second kappa shape index (κ2) is 6.29. The molecule has 1 saturated heterocycles. The summed E-state index contributed by atoms with van der Waals surface area (Å²) in [6.45, 7) is 1.25. The number of non-ortho nitro benzene ring substituents is 1. The number of hydrogen-bond acceptors (Lipinski definition) is 7.